The number of aliphatic hydroxyl groups excluding tert-OH is 1. The van der Waals surface area contributed by atoms with Crippen LogP contribution < -0.4 is 10.1 Å². The number of aryl methyl sites for hydroxylation is 1. The van der Waals surface area contributed by atoms with E-state index in [4.69, 9.17) is 4.74 Å². The van der Waals surface area contributed by atoms with E-state index in [-0.39, 0.29) is 18.1 Å². The predicted molar refractivity (Wildman–Crippen MR) is 87.0 cm³/mol. The minimum Gasteiger partial charge on any atom is -0.492 e. The van der Waals surface area contributed by atoms with E-state index >= 15 is 0 Å². The number of benzene rings is 1. The Morgan fingerprint density at radius 3 is 2.57 bits per heavy atom. The molecule has 1 fully saturated rings. The second-order valence-electron chi connectivity index (χ2n) is 7.07. The van der Waals surface area contributed by atoms with Crippen LogP contribution in [-0.2, 0) is 11.8 Å². The van der Waals surface area contributed by atoms with Crippen molar-refractivity contribution in [2.45, 2.75) is 64.5 Å². The van der Waals surface area contributed by atoms with Crippen LogP contribution in [0.5, 0.6) is 5.75 Å². The molecule has 0 heterocycles. The van der Waals surface area contributed by atoms with Gasteiger partial charge in [0.25, 0.3) is 0 Å². The molecule has 2 N–H and O–H groups in total. The number of nitrogens with one attached hydrogen (secondary N) is 1. The number of aliphatic hydroxyl groups is 1. The molecule has 1 atom stereocenters. The van der Waals surface area contributed by atoms with Crippen LogP contribution in [0.2, 0.25) is 0 Å². The lowest BCUT2D eigenvalue weighted by Crippen LogP contribution is -2.39. The Bertz CT molecular complexity index is 461. The van der Waals surface area contributed by atoms with Gasteiger partial charge in [-0.15, -0.1) is 0 Å². The van der Waals surface area contributed by atoms with Gasteiger partial charge in [0.15, 0.2) is 0 Å². The zero-order valence-electron chi connectivity index (χ0n) is 13.8. The van der Waals surface area contributed by atoms with E-state index in [0.29, 0.717) is 12.6 Å². The Morgan fingerprint density at radius 2 is 2.05 bits per heavy atom. The highest BCUT2D eigenvalue weighted by atomic mass is 16.5. The van der Waals surface area contributed by atoms with Crippen molar-refractivity contribution in [2.75, 3.05) is 13.2 Å². The van der Waals surface area contributed by atoms with Gasteiger partial charge in [0.2, 0.25) is 0 Å². The summed E-state index contributed by atoms with van der Waals surface area (Å²) in [6, 6.07) is 7.06. The first-order chi connectivity index (χ1) is 9.94. The standard InChI is InChI=1S/C18H29NO2/c1-5-13-6-9-17(16(10-13)18(2,3)4)21-12-15(11-20)19-14-7-8-14/h6,9-10,14-15,19-20H,5,7-8,11-12H2,1-4H3. The van der Waals surface area contributed by atoms with Crippen molar-refractivity contribution in [2.24, 2.45) is 0 Å². The minimum atomic E-state index is 0.0242. The summed E-state index contributed by atoms with van der Waals surface area (Å²) in [7, 11) is 0. The summed E-state index contributed by atoms with van der Waals surface area (Å²) in [5.74, 6) is 0.941. The highest BCUT2D eigenvalue weighted by molar-refractivity contribution is 5.41. The van der Waals surface area contributed by atoms with Crippen molar-refractivity contribution in [1.82, 2.24) is 5.32 Å². The van der Waals surface area contributed by atoms with Gasteiger partial charge in [0, 0.05) is 6.04 Å². The molecule has 0 aliphatic heterocycles. The van der Waals surface area contributed by atoms with Crippen LogP contribution in [-0.4, -0.2) is 30.4 Å². The van der Waals surface area contributed by atoms with E-state index in [2.05, 4.69) is 51.2 Å². The maximum Gasteiger partial charge on any atom is 0.123 e. The first-order valence-corrected chi connectivity index (χ1v) is 8.07. The molecule has 2 rings (SSSR count). The monoisotopic (exact) mass is 291 g/mol. The summed E-state index contributed by atoms with van der Waals surface area (Å²) in [6.07, 6.45) is 3.47. The largest absolute Gasteiger partial charge is 0.492 e. The van der Waals surface area contributed by atoms with Gasteiger partial charge in [-0.25, -0.2) is 0 Å². The molecule has 0 amide bonds. The second kappa shape index (κ2) is 6.80. The van der Waals surface area contributed by atoms with E-state index < -0.39 is 0 Å². The third-order valence-corrected chi connectivity index (χ3v) is 3.97. The summed E-state index contributed by atoms with van der Waals surface area (Å²) in [4.78, 5) is 0. The molecule has 3 nitrogen and oxygen atoms in total. The Hall–Kier alpha value is -1.06. The van der Waals surface area contributed by atoms with Crippen LogP contribution in [0.15, 0.2) is 18.2 Å². The van der Waals surface area contributed by atoms with E-state index in [1.54, 1.807) is 0 Å². The fourth-order valence-electron chi connectivity index (χ4n) is 2.44. The lowest BCUT2D eigenvalue weighted by Gasteiger charge is -2.25. The average Bonchev–Trinajstić information content (AvgIpc) is 3.26. The summed E-state index contributed by atoms with van der Waals surface area (Å²) in [6.45, 7) is 9.43. The smallest absolute Gasteiger partial charge is 0.123 e. The van der Waals surface area contributed by atoms with Gasteiger partial charge in [0.1, 0.15) is 12.4 Å². The maximum absolute atomic E-state index is 9.45. The van der Waals surface area contributed by atoms with Crippen molar-refractivity contribution in [3.05, 3.63) is 29.3 Å². The molecule has 1 aliphatic rings. The fraction of sp³-hybridized carbons (Fsp3) is 0.667. The van der Waals surface area contributed by atoms with E-state index in [0.717, 1.165) is 12.2 Å². The first-order valence-electron chi connectivity index (χ1n) is 8.07. The molecule has 1 saturated carbocycles. The van der Waals surface area contributed by atoms with E-state index in [1.165, 1.54) is 24.0 Å². The highest BCUT2D eigenvalue weighted by Crippen LogP contribution is 2.32. The zero-order chi connectivity index (χ0) is 15.5. The van der Waals surface area contributed by atoms with Gasteiger partial charge in [-0.1, -0.05) is 39.8 Å². The Kier molecular flexibility index (Phi) is 5.28. The molecule has 3 heteroatoms. The van der Waals surface area contributed by atoms with E-state index in [9.17, 15) is 5.11 Å². The highest BCUT2D eigenvalue weighted by Gasteiger charge is 2.25. The van der Waals surface area contributed by atoms with Crippen LogP contribution in [0.1, 0.15) is 51.7 Å². The Balaban J connectivity index is 2.07. The molecule has 1 aromatic carbocycles. The van der Waals surface area contributed by atoms with Gasteiger partial charge in [-0.3, -0.25) is 0 Å². The lowest BCUT2D eigenvalue weighted by atomic mass is 9.85. The van der Waals surface area contributed by atoms with Crippen molar-refractivity contribution in [1.29, 1.82) is 0 Å². The van der Waals surface area contributed by atoms with Gasteiger partial charge < -0.3 is 15.2 Å². The molecule has 0 saturated heterocycles. The molecule has 1 aliphatic carbocycles. The minimum absolute atomic E-state index is 0.0242. The number of rotatable bonds is 7. The number of hydrogen-bond donors (Lipinski definition) is 2. The topological polar surface area (TPSA) is 41.5 Å². The molecule has 21 heavy (non-hydrogen) atoms. The summed E-state index contributed by atoms with van der Waals surface area (Å²) < 4.78 is 6.02. The van der Waals surface area contributed by atoms with Crippen LogP contribution in [0.3, 0.4) is 0 Å². The molecular weight excluding hydrogens is 262 g/mol. The van der Waals surface area contributed by atoms with Crippen molar-refractivity contribution in [3.8, 4) is 5.75 Å². The third kappa shape index (κ3) is 4.72. The average molecular weight is 291 g/mol. The van der Waals surface area contributed by atoms with Crippen molar-refractivity contribution in [3.63, 3.8) is 0 Å². The van der Waals surface area contributed by atoms with Gasteiger partial charge in [0.05, 0.1) is 12.6 Å². The summed E-state index contributed by atoms with van der Waals surface area (Å²) >= 11 is 0. The predicted octanol–water partition coefficient (Wildman–Crippen LogP) is 3.04. The Morgan fingerprint density at radius 1 is 1.33 bits per heavy atom. The second-order valence-corrected chi connectivity index (χ2v) is 7.07. The molecule has 0 radical (unpaired) electrons. The molecule has 1 aromatic rings. The first kappa shape index (κ1) is 16.3. The van der Waals surface area contributed by atoms with E-state index in [1.807, 2.05) is 0 Å². The molecule has 1 unspecified atom stereocenters. The SMILES string of the molecule is CCc1ccc(OCC(CO)NC2CC2)c(C(C)(C)C)c1. The van der Waals surface area contributed by atoms with Gasteiger partial charge in [-0.05, 0) is 41.9 Å². The Labute approximate surface area is 128 Å². The maximum atomic E-state index is 9.45. The van der Waals surface area contributed by atoms with Crippen LogP contribution in [0, 0.1) is 0 Å². The summed E-state index contributed by atoms with van der Waals surface area (Å²) in [5.41, 5.74) is 2.63. The molecule has 0 bridgehead atoms. The normalized spacial score (nSPS) is 16.8. The number of hydrogen-bond acceptors (Lipinski definition) is 3. The zero-order valence-corrected chi connectivity index (χ0v) is 13.8. The van der Waals surface area contributed by atoms with Crippen LogP contribution in [0.4, 0.5) is 0 Å². The molecule has 0 spiro atoms. The van der Waals surface area contributed by atoms with Crippen molar-refractivity contribution < 1.29 is 9.84 Å². The number of ether oxygens (including phenoxy) is 1. The van der Waals surface area contributed by atoms with Crippen LogP contribution >= 0.6 is 0 Å². The molecule has 118 valence electrons. The van der Waals surface area contributed by atoms with Gasteiger partial charge in [-0.2, -0.15) is 0 Å². The quantitative estimate of drug-likeness (QED) is 0.811. The van der Waals surface area contributed by atoms with Gasteiger partial charge >= 0.3 is 0 Å². The molecular formula is C18H29NO2. The lowest BCUT2D eigenvalue weighted by molar-refractivity contribution is 0.180. The fourth-order valence-corrected chi connectivity index (χ4v) is 2.44. The summed E-state index contributed by atoms with van der Waals surface area (Å²) in [5, 5.41) is 12.9. The van der Waals surface area contributed by atoms with Crippen LogP contribution in [0.25, 0.3) is 0 Å². The van der Waals surface area contributed by atoms with Crippen molar-refractivity contribution >= 4 is 0 Å². The molecule has 0 aromatic heterocycles. The third-order valence-electron chi connectivity index (χ3n) is 3.97.